The second-order valence-corrected chi connectivity index (χ2v) is 2.95. The molecule has 0 aliphatic rings. The molecule has 3 heteroatoms. The lowest BCUT2D eigenvalue weighted by Gasteiger charge is -2.04. The van der Waals surface area contributed by atoms with Crippen LogP contribution in [0.3, 0.4) is 0 Å². The number of benzene rings is 1. The fourth-order valence-electron chi connectivity index (χ4n) is 0.859. The Hall–Kier alpha value is -0.570. The smallest absolute Gasteiger partial charge is 0.132 e. The lowest BCUT2D eigenvalue weighted by Crippen LogP contribution is -1.96. The van der Waals surface area contributed by atoms with E-state index in [2.05, 4.69) is 15.9 Å². The van der Waals surface area contributed by atoms with Crippen LogP contribution in [0.2, 0.25) is 0 Å². The van der Waals surface area contributed by atoms with Crippen LogP contribution in [0.15, 0.2) is 12.1 Å². The van der Waals surface area contributed by atoms with E-state index in [0.29, 0.717) is 22.1 Å². The number of alkyl halides is 1. The standard InChI is InChI=1S/C8H9BrFN/c1-5-7(11)3-2-6(4-9)8(5)10/h2-3H,4,11H2,1H3. The van der Waals surface area contributed by atoms with Crippen molar-refractivity contribution in [3.63, 3.8) is 0 Å². The average molecular weight is 218 g/mol. The van der Waals surface area contributed by atoms with Gasteiger partial charge in [0.1, 0.15) is 5.82 Å². The van der Waals surface area contributed by atoms with Crippen LogP contribution in [0.25, 0.3) is 0 Å². The van der Waals surface area contributed by atoms with Crippen LogP contribution < -0.4 is 5.73 Å². The van der Waals surface area contributed by atoms with Gasteiger partial charge in [0, 0.05) is 16.6 Å². The first kappa shape index (κ1) is 8.53. The van der Waals surface area contributed by atoms with Gasteiger partial charge in [0.25, 0.3) is 0 Å². The van der Waals surface area contributed by atoms with Gasteiger partial charge < -0.3 is 5.73 Å². The molecule has 1 aromatic carbocycles. The topological polar surface area (TPSA) is 26.0 Å². The maximum Gasteiger partial charge on any atom is 0.132 e. The number of nitrogen functional groups attached to an aromatic ring is 1. The lowest BCUT2D eigenvalue weighted by atomic mass is 10.1. The quantitative estimate of drug-likeness (QED) is 0.569. The van der Waals surface area contributed by atoms with Crippen LogP contribution in [-0.4, -0.2) is 0 Å². The molecule has 0 radical (unpaired) electrons. The average Bonchev–Trinajstić information content (AvgIpc) is 2.01. The first-order chi connectivity index (χ1) is 5.16. The van der Waals surface area contributed by atoms with E-state index in [1.807, 2.05) is 0 Å². The monoisotopic (exact) mass is 217 g/mol. The Labute approximate surface area is 73.5 Å². The number of rotatable bonds is 1. The highest BCUT2D eigenvalue weighted by Gasteiger charge is 2.05. The third kappa shape index (κ3) is 1.53. The Balaban J connectivity index is 3.25. The van der Waals surface area contributed by atoms with Crippen LogP contribution in [0, 0.1) is 12.7 Å². The molecular formula is C8H9BrFN. The van der Waals surface area contributed by atoms with Crippen molar-refractivity contribution < 1.29 is 4.39 Å². The normalized spacial score (nSPS) is 10.1. The molecule has 0 fully saturated rings. The molecule has 1 aromatic rings. The van der Waals surface area contributed by atoms with Gasteiger partial charge in [0.2, 0.25) is 0 Å². The van der Waals surface area contributed by atoms with E-state index in [1.54, 1.807) is 19.1 Å². The van der Waals surface area contributed by atoms with Gasteiger partial charge >= 0.3 is 0 Å². The molecule has 0 aliphatic carbocycles. The first-order valence-corrected chi connectivity index (χ1v) is 4.38. The molecule has 1 nitrogen and oxygen atoms in total. The van der Waals surface area contributed by atoms with Crippen LogP contribution >= 0.6 is 15.9 Å². The van der Waals surface area contributed by atoms with Gasteiger partial charge in [-0.2, -0.15) is 0 Å². The molecule has 0 saturated carbocycles. The van der Waals surface area contributed by atoms with Crippen LogP contribution in [-0.2, 0) is 5.33 Å². The fourth-order valence-corrected chi connectivity index (χ4v) is 1.29. The maximum atomic E-state index is 13.2. The Kier molecular flexibility index (Phi) is 2.49. The molecule has 0 bridgehead atoms. The molecule has 0 saturated heterocycles. The van der Waals surface area contributed by atoms with Crippen molar-refractivity contribution in [3.05, 3.63) is 29.1 Å². The zero-order valence-electron chi connectivity index (χ0n) is 6.20. The summed E-state index contributed by atoms with van der Waals surface area (Å²) in [5.74, 6) is -0.207. The molecule has 11 heavy (non-hydrogen) atoms. The predicted octanol–water partition coefficient (Wildman–Crippen LogP) is 2.61. The lowest BCUT2D eigenvalue weighted by molar-refractivity contribution is 0.609. The fraction of sp³-hybridized carbons (Fsp3) is 0.250. The summed E-state index contributed by atoms with van der Waals surface area (Å²) >= 11 is 3.19. The van der Waals surface area contributed by atoms with Crippen molar-refractivity contribution in [2.45, 2.75) is 12.3 Å². The van der Waals surface area contributed by atoms with E-state index in [4.69, 9.17) is 5.73 Å². The summed E-state index contributed by atoms with van der Waals surface area (Å²) in [5, 5.41) is 0.528. The van der Waals surface area contributed by atoms with Crippen LogP contribution in [0.1, 0.15) is 11.1 Å². The summed E-state index contributed by atoms with van der Waals surface area (Å²) in [6.45, 7) is 1.68. The Morgan fingerprint density at radius 2 is 2.18 bits per heavy atom. The van der Waals surface area contributed by atoms with Crippen molar-refractivity contribution >= 4 is 21.6 Å². The van der Waals surface area contributed by atoms with Crippen LogP contribution in [0.4, 0.5) is 10.1 Å². The third-order valence-corrected chi connectivity index (χ3v) is 2.26. The van der Waals surface area contributed by atoms with Crippen molar-refractivity contribution in [1.82, 2.24) is 0 Å². The van der Waals surface area contributed by atoms with Gasteiger partial charge in [-0.1, -0.05) is 22.0 Å². The minimum Gasteiger partial charge on any atom is -0.398 e. The predicted molar refractivity (Wildman–Crippen MR) is 48.2 cm³/mol. The highest BCUT2D eigenvalue weighted by molar-refractivity contribution is 9.08. The minimum absolute atomic E-state index is 0.207. The van der Waals surface area contributed by atoms with Crippen molar-refractivity contribution in [3.8, 4) is 0 Å². The molecule has 2 N–H and O–H groups in total. The Morgan fingerprint density at radius 3 is 2.73 bits per heavy atom. The molecule has 1 rings (SSSR count). The van der Waals surface area contributed by atoms with E-state index in [0.717, 1.165) is 0 Å². The summed E-state index contributed by atoms with van der Waals surface area (Å²) < 4.78 is 13.2. The Morgan fingerprint density at radius 1 is 1.55 bits per heavy atom. The first-order valence-electron chi connectivity index (χ1n) is 3.26. The third-order valence-electron chi connectivity index (χ3n) is 1.65. The summed E-state index contributed by atoms with van der Waals surface area (Å²) in [4.78, 5) is 0. The highest BCUT2D eigenvalue weighted by atomic mass is 79.9. The SMILES string of the molecule is Cc1c(N)ccc(CBr)c1F. The molecule has 0 amide bonds. The van der Waals surface area contributed by atoms with Crippen molar-refractivity contribution in [2.75, 3.05) is 5.73 Å². The molecular weight excluding hydrogens is 209 g/mol. The van der Waals surface area contributed by atoms with Crippen molar-refractivity contribution in [2.24, 2.45) is 0 Å². The number of anilines is 1. The van der Waals surface area contributed by atoms with Gasteiger partial charge in [0.05, 0.1) is 0 Å². The maximum absolute atomic E-state index is 13.2. The molecule has 0 aliphatic heterocycles. The number of hydrogen-bond donors (Lipinski definition) is 1. The van der Waals surface area contributed by atoms with Gasteiger partial charge in [-0.3, -0.25) is 0 Å². The van der Waals surface area contributed by atoms with E-state index in [9.17, 15) is 4.39 Å². The molecule has 0 spiro atoms. The summed E-state index contributed by atoms with van der Waals surface area (Å²) in [7, 11) is 0. The molecule has 0 atom stereocenters. The second-order valence-electron chi connectivity index (χ2n) is 2.39. The van der Waals surface area contributed by atoms with Gasteiger partial charge in [0.15, 0.2) is 0 Å². The Bertz CT molecular complexity index is 273. The molecule has 0 unspecified atom stereocenters. The number of halogens is 2. The molecule has 0 heterocycles. The van der Waals surface area contributed by atoms with Gasteiger partial charge in [-0.15, -0.1) is 0 Å². The van der Waals surface area contributed by atoms with E-state index in [1.165, 1.54) is 0 Å². The summed E-state index contributed by atoms with van der Waals surface area (Å²) in [6, 6.07) is 3.40. The minimum atomic E-state index is -0.207. The highest BCUT2D eigenvalue weighted by Crippen LogP contribution is 2.20. The zero-order valence-corrected chi connectivity index (χ0v) is 7.78. The van der Waals surface area contributed by atoms with Crippen molar-refractivity contribution in [1.29, 1.82) is 0 Å². The second kappa shape index (κ2) is 3.22. The zero-order chi connectivity index (χ0) is 8.43. The van der Waals surface area contributed by atoms with E-state index < -0.39 is 0 Å². The largest absolute Gasteiger partial charge is 0.398 e. The number of nitrogens with two attached hydrogens (primary N) is 1. The molecule has 60 valence electrons. The van der Waals surface area contributed by atoms with E-state index >= 15 is 0 Å². The van der Waals surface area contributed by atoms with Crippen LogP contribution in [0.5, 0.6) is 0 Å². The summed E-state index contributed by atoms with van der Waals surface area (Å²) in [6.07, 6.45) is 0. The van der Waals surface area contributed by atoms with E-state index in [-0.39, 0.29) is 5.82 Å². The number of hydrogen-bond acceptors (Lipinski definition) is 1. The van der Waals surface area contributed by atoms with Gasteiger partial charge in [-0.25, -0.2) is 4.39 Å². The summed E-state index contributed by atoms with van der Waals surface area (Å²) in [5.41, 5.74) is 7.17. The molecule has 0 aromatic heterocycles. The van der Waals surface area contributed by atoms with Gasteiger partial charge in [-0.05, 0) is 18.6 Å².